The maximum absolute atomic E-state index is 11.8. The molecule has 5 atom stereocenters. The molecule has 5 nitrogen and oxygen atoms in total. The largest absolute Gasteiger partial charge is 0.508 e. The Hall–Kier alpha value is -2.97. The average Bonchev–Trinajstić information content (AvgIpc) is 3.07. The molecule has 33 heavy (non-hydrogen) atoms. The number of aryl methyl sites for hydroxylation is 1. The highest BCUT2D eigenvalue weighted by Gasteiger charge is 2.61. The Labute approximate surface area is 195 Å². The highest BCUT2D eigenvalue weighted by atomic mass is 16.3. The van der Waals surface area contributed by atoms with Crippen LogP contribution in [0.4, 0.5) is 5.69 Å². The highest BCUT2D eigenvalue weighted by Crippen LogP contribution is 2.64. The highest BCUT2D eigenvalue weighted by molar-refractivity contribution is 5.74. The van der Waals surface area contributed by atoms with Gasteiger partial charge < -0.3 is 10.2 Å². The van der Waals surface area contributed by atoms with Crippen molar-refractivity contribution in [1.82, 2.24) is 5.43 Å². The van der Waals surface area contributed by atoms with Gasteiger partial charge in [0.2, 0.25) is 5.91 Å². The van der Waals surface area contributed by atoms with Gasteiger partial charge in [0.1, 0.15) is 11.4 Å². The van der Waals surface area contributed by atoms with Crippen LogP contribution in [-0.4, -0.2) is 21.7 Å². The second-order valence-electron chi connectivity index (χ2n) is 10.3. The van der Waals surface area contributed by atoms with Crippen LogP contribution in [0, 0.1) is 29.1 Å². The van der Waals surface area contributed by atoms with E-state index in [-0.39, 0.29) is 11.3 Å². The molecule has 5 rings (SSSR count). The second kappa shape index (κ2) is 8.11. The van der Waals surface area contributed by atoms with Crippen molar-refractivity contribution < 1.29 is 15.0 Å². The van der Waals surface area contributed by atoms with Gasteiger partial charge in [-0.15, -0.1) is 0 Å². The van der Waals surface area contributed by atoms with E-state index in [4.69, 9.17) is 0 Å². The van der Waals surface area contributed by atoms with E-state index in [1.54, 1.807) is 0 Å². The predicted octanol–water partition coefficient (Wildman–Crippen LogP) is 4.49. The van der Waals surface area contributed by atoms with Gasteiger partial charge in [0, 0.05) is 17.9 Å². The molecule has 3 aliphatic carbocycles. The standard InChI is InChI=1S/C28H32N2O3/c1-18(31)29-30-21-6-3-19(4-7-21)11-15-28(33)16-13-26-25-9-5-20-17-22(32)8-10-23(20)24(25)12-14-27(26,28)2/h3-4,6-8,10,17,24-26,30,32-33H,5,9,12-14,16H2,1-2H3,(H,29,31)/t24-,25-,26+,27+,28+/m1/s1. The lowest BCUT2D eigenvalue weighted by atomic mass is 9.53. The fourth-order valence-corrected chi connectivity index (χ4v) is 6.76. The van der Waals surface area contributed by atoms with Crippen LogP contribution in [0.5, 0.6) is 5.75 Å². The molecule has 0 heterocycles. The number of hydrogen-bond acceptors (Lipinski definition) is 4. The maximum Gasteiger partial charge on any atom is 0.235 e. The summed E-state index contributed by atoms with van der Waals surface area (Å²) in [4.78, 5) is 11.0. The Kier molecular flexibility index (Phi) is 5.37. The van der Waals surface area contributed by atoms with Crippen LogP contribution in [0.2, 0.25) is 0 Å². The van der Waals surface area contributed by atoms with Gasteiger partial charge in [-0.2, -0.15) is 0 Å². The molecule has 4 N–H and O–H groups in total. The molecule has 3 aliphatic rings. The number of carbonyl (C=O) groups excluding carboxylic acids is 1. The summed E-state index contributed by atoms with van der Waals surface area (Å²) in [5, 5.41) is 21.7. The lowest BCUT2D eigenvalue weighted by Crippen LogP contribution is -2.50. The zero-order chi connectivity index (χ0) is 23.2. The number of phenolic OH excluding ortho intramolecular Hbond substituents is 1. The number of phenols is 1. The number of nitrogens with one attached hydrogen (secondary N) is 2. The van der Waals surface area contributed by atoms with Crippen molar-refractivity contribution in [2.24, 2.45) is 17.3 Å². The monoisotopic (exact) mass is 444 g/mol. The molecule has 0 radical (unpaired) electrons. The lowest BCUT2D eigenvalue weighted by molar-refractivity contribution is -0.118. The van der Waals surface area contributed by atoms with Crippen molar-refractivity contribution in [3.8, 4) is 17.6 Å². The van der Waals surface area contributed by atoms with Crippen LogP contribution < -0.4 is 10.9 Å². The van der Waals surface area contributed by atoms with E-state index >= 15 is 0 Å². The molecule has 0 aromatic heterocycles. The molecule has 1 amide bonds. The van der Waals surface area contributed by atoms with Gasteiger partial charge in [-0.25, -0.2) is 0 Å². The topological polar surface area (TPSA) is 81.6 Å². The number of anilines is 1. The number of hydrazine groups is 1. The minimum atomic E-state index is -0.981. The SMILES string of the molecule is CC(=O)NNc1ccc(C#C[C@]2(O)CC[C@H]3[C@@H]4CCc5cc(O)ccc5[C@H]4CC[C@@]32C)cc1. The van der Waals surface area contributed by atoms with Crippen LogP contribution in [0.3, 0.4) is 0 Å². The Balaban J connectivity index is 1.35. The number of fused-ring (bicyclic) bond motifs is 5. The van der Waals surface area contributed by atoms with Crippen molar-refractivity contribution in [3.05, 3.63) is 59.2 Å². The molecular formula is C28H32N2O3. The number of benzene rings is 2. The normalized spacial score (nSPS) is 31.9. The van der Waals surface area contributed by atoms with Gasteiger partial charge in [0.15, 0.2) is 0 Å². The number of rotatable bonds is 2. The van der Waals surface area contributed by atoms with Gasteiger partial charge in [0.05, 0.1) is 5.69 Å². The fraction of sp³-hybridized carbons (Fsp3) is 0.464. The molecule has 2 saturated carbocycles. The van der Waals surface area contributed by atoms with Crippen molar-refractivity contribution in [2.75, 3.05) is 5.43 Å². The zero-order valence-corrected chi connectivity index (χ0v) is 19.3. The molecule has 0 unspecified atom stereocenters. The van der Waals surface area contributed by atoms with E-state index in [1.165, 1.54) is 18.1 Å². The summed E-state index contributed by atoms with van der Waals surface area (Å²) >= 11 is 0. The first-order chi connectivity index (χ1) is 15.8. The summed E-state index contributed by atoms with van der Waals surface area (Å²) in [7, 11) is 0. The van der Waals surface area contributed by atoms with Crippen LogP contribution in [0.15, 0.2) is 42.5 Å². The predicted molar refractivity (Wildman–Crippen MR) is 128 cm³/mol. The third kappa shape index (κ3) is 3.77. The van der Waals surface area contributed by atoms with Gasteiger partial charge in [-0.1, -0.05) is 24.8 Å². The summed E-state index contributed by atoms with van der Waals surface area (Å²) in [5.74, 6) is 8.27. The molecule has 0 spiro atoms. The average molecular weight is 445 g/mol. The summed E-state index contributed by atoms with van der Waals surface area (Å²) < 4.78 is 0. The van der Waals surface area contributed by atoms with E-state index in [1.807, 2.05) is 36.4 Å². The third-order valence-electron chi connectivity index (χ3n) is 8.54. The molecule has 0 saturated heterocycles. The first kappa shape index (κ1) is 21.9. The van der Waals surface area contributed by atoms with Gasteiger partial charge in [-0.3, -0.25) is 15.6 Å². The molecule has 5 heteroatoms. The Morgan fingerprint density at radius 1 is 1.09 bits per heavy atom. The number of amides is 1. The van der Waals surface area contributed by atoms with E-state index in [9.17, 15) is 15.0 Å². The molecule has 2 fully saturated rings. The van der Waals surface area contributed by atoms with Gasteiger partial charge in [-0.05, 0) is 104 Å². The maximum atomic E-state index is 11.8. The zero-order valence-electron chi connectivity index (χ0n) is 19.3. The van der Waals surface area contributed by atoms with Crippen molar-refractivity contribution >= 4 is 11.6 Å². The van der Waals surface area contributed by atoms with E-state index < -0.39 is 5.60 Å². The number of hydrogen-bond donors (Lipinski definition) is 4. The van der Waals surface area contributed by atoms with Crippen molar-refractivity contribution in [1.29, 1.82) is 0 Å². The number of aromatic hydroxyl groups is 1. The molecule has 172 valence electrons. The number of aliphatic hydroxyl groups is 1. The van der Waals surface area contributed by atoms with Crippen LogP contribution in [0.1, 0.15) is 68.6 Å². The molecule has 0 aliphatic heterocycles. The van der Waals surface area contributed by atoms with Crippen molar-refractivity contribution in [2.45, 2.75) is 63.9 Å². The quantitative estimate of drug-likeness (QED) is 0.406. The minimum absolute atomic E-state index is 0.153. The lowest BCUT2D eigenvalue weighted by Gasteiger charge is -2.52. The van der Waals surface area contributed by atoms with Crippen LogP contribution in [0.25, 0.3) is 0 Å². The third-order valence-corrected chi connectivity index (χ3v) is 8.54. The van der Waals surface area contributed by atoms with Crippen molar-refractivity contribution in [3.63, 3.8) is 0 Å². The molecule has 2 aromatic rings. The summed E-state index contributed by atoms with van der Waals surface area (Å²) in [6.45, 7) is 3.70. The Bertz CT molecular complexity index is 1130. The smallest absolute Gasteiger partial charge is 0.235 e. The molecule has 0 bridgehead atoms. The Morgan fingerprint density at radius 2 is 1.88 bits per heavy atom. The Morgan fingerprint density at radius 3 is 2.64 bits per heavy atom. The second-order valence-corrected chi connectivity index (χ2v) is 10.3. The summed E-state index contributed by atoms with van der Waals surface area (Å²) in [6, 6.07) is 13.4. The fourth-order valence-electron chi connectivity index (χ4n) is 6.76. The van der Waals surface area contributed by atoms with E-state index in [0.29, 0.717) is 23.5 Å². The first-order valence-corrected chi connectivity index (χ1v) is 12.0. The molecule has 2 aromatic carbocycles. The van der Waals surface area contributed by atoms with E-state index in [2.05, 4.69) is 35.7 Å². The summed E-state index contributed by atoms with van der Waals surface area (Å²) in [5.41, 5.74) is 8.55. The van der Waals surface area contributed by atoms with E-state index in [0.717, 1.165) is 49.8 Å². The summed E-state index contributed by atoms with van der Waals surface area (Å²) in [6.07, 6.45) is 5.87. The van der Waals surface area contributed by atoms with Crippen LogP contribution in [-0.2, 0) is 11.2 Å². The van der Waals surface area contributed by atoms with Crippen LogP contribution >= 0.6 is 0 Å². The number of carbonyl (C=O) groups is 1. The molecular weight excluding hydrogens is 412 g/mol. The van der Waals surface area contributed by atoms with Gasteiger partial charge >= 0.3 is 0 Å². The van der Waals surface area contributed by atoms with Gasteiger partial charge in [0.25, 0.3) is 0 Å². The first-order valence-electron chi connectivity index (χ1n) is 12.0. The minimum Gasteiger partial charge on any atom is -0.508 e.